The number of hydrogen-bond acceptors (Lipinski definition) is 2. The monoisotopic (exact) mass is 296 g/mol. The largest absolute Gasteiger partial charge is 0.492 e. The molecule has 1 aromatic rings. The minimum Gasteiger partial charge on any atom is -0.492 e. The fourth-order valence-electron chi connectivity index (χ4n) is 1.02. The van der Waals surface area contributed by atoms with E-state index < -0.39 is 19.2 Å². The van der Waals surface area contributed by atoms with Crippen LogP contribution < -0.4 is 4.74 Å². The first-order valence-electron chi connectivity index (χ1n) is 4.36. The lowest BCUT2D eigenvalue weighted by Crippen LogP contribution is -2.13. The highest BCUT2D eigenvalue weighted by Crippen LogP contribution is 2.24. The van der Waals surface area contributed by atoms with Crippen molar-refractivity contribution in [2.45, 2.75) is 12.6 Å². The maximum absolute atomic E-state index is 11.8. The molecule has 0 amide bonds. The summed E-state index contributed by atoms with van der Waals surface area (Å²) in [5.74, 6) is 0.155. The maximum Gasteiger partial charge on any atom is 0.392 e. The molecule has 0 aliphatic rings. The average Bonchev–Trinajstić information content (AvgIpc) is 2.18. The molecule has 0 fully saturated rings. The van der Waals surface area contributed by atoms with Gasteiger partial charge in [0, 0.05) is 4.47 Å². The number of hydrogen-bond donors (Lipinski definition) is 0. The van der Waals surface area contributed by atoms with Gasteiger partial charge in [-0.3, -0.25) is 4.79 Å². The Balaban J connectivity index is 2.63. The number of benzene rings is 1. The van der Waals surface area contributed by atoms with Crippen molar-refractivity contribution in [1.29, 1.82) is 0 Å². The second-order valence-electron chi connectivity index (χ2n) is 3.01. The van der Waals surface area contributed by atoms with Crippen LogP contribution in [-0.2, 0) is 0 Å². The molecule has 0 aromatic heterocycles. The summed E-state index contributed by atoms with van der Waals surface area (Å²) in [7, 11) is 0. The van der Waals surface area contributed by atoms with Gasteiger partial charge in [0.15, 0.2) is 6.29 Å². The van der Waals surface area contributed by atoms with E-state index in [0.717, 1.165) is 0 Å². The van der Waals surface area contributed by atoms with Gasteiger partial charge in [0.1, 0.15) is 5.75 Å². The molecule has 0 radical (unpaired) electrons. The molecular weight excluding hydrogens is 289 g/mol. The third-order valence-corrected chi connectivity index (χ3v) is 2.24. The number of rotatable bonds is 4. The summed E-state index contributed by atoms with van der Waals surface area (Å²) in [6.45, 7) is -0.494. The topological polar surface area (TPSA) is 26.3 Å². The molecule has 88 valence electrons. The van der Waals surface area contributed by atoms with Crippen LogP contribution in [0.3, 0.4) is 0 Å². The predicted octanol–water partition coefficient (Wildman–Crippen LogP) is 3.59. The molecule has 0 unspecified atom stereocenters. The molecule has 0 bridgehead atoms. The second-order valence-corrected chi connectivity index (χ2v) is 3.93. The third kappa shape index (κ3) is 4.22. The van der Waals surface area contributed by atoms with Crippen LogP contribution in [0, 0.1) is 0 Å². The summed E-state index contributed by atoms with van der Waals surface area (Å²) in [4.78, 5) is 10.6. The lowest BCUT2D eigenvalue weighted by Gasteiger charge is -2.10. The van der Waals surface area contributed by atoms with Gasteiger partial charge in [-0.15, -0.1) is 0 Å². The first-order valence-corrected chi connectivity index (χ1v) is 5.16. The average molecular weight is 297 g/mol. The normalized spacial score (nSPS) is 11.2. The molecule has 0 saturated carbocycles. The van der Waals surface area contributed by atoms with Crippen LogP contribution in [0.5, 0.6) is 5.75 Å². The predicted molar refractivity (Wildman–Crippen MR) is 55.7 cm³/mol. The van der Waals surface area contributed by atoms with E-state index in [2.05, 4.69) is 15.9 Å². The Bertz CT molecular complexity index is 377. The van der Waals surface area contributed by atoms with Crippen LogP contribution in [0.4, 0.5) is 13.2 Å². The van der Waals surface area contributed by atoms with Gasteiger partial charge in [-0.25, -0.2) is 0 Å². The standard InChI is InChI=1S/C10H8BrF3O2/c11-8-1-2-9(7(5-8)6-15)16-4-3-10(12,13)14/h1-2,5-6H,3-4H2. The smallest absolute Gasteiger partial charge is 0.392 e. The van der Waals surface area contributed by atoms with Crippen LogP contribution >= 0.6 is 15.9 Å². The minimum absolute atomic E-state index is 0.155. The Kier molecular flexibility index (Phi) is 4.35. The lowest BCUT2D eigenvalue weighted by molar-refractivity contribution is -0.139. The quantitative estimate of drug-likeness (QED) is 0.794. The molecule has 1 aromatic carbocycles. The Morgan fingerprint density at radius 3 is 2.62 bits per heavy atom. The van der Waals surface area contributed by atoms with Gasteiger partial charge in [-0.05, 0) is 18.2 Å². The van der Waals surface area contributed by atoms with E-state index in [0.29, 0.717) is 10.8 Å². The number of alkyl halides is 3. The van der Waals surface area contributed by atoms with Gasteiger partial charge in [-0.1, -0.05) is 15.9 Å². The number of carbonyl (C=O) groups is 1. The SMILES string of the molecule is O=Cc1cc(Br)ccc1OCCC(F)(F)F. The van der Waals surface area contributed by atoms with Gasteiger partial charge in [0.25, 0.3) is 0 Å². The van der Waals surface area contributed by atoms with Gasteiger partial charge in [0.2, 0.25) is 0 Å². The van der Waals surface area contributed by atoms with Crippen molar-refractivity contribution in [3.63, 3.8) is 0 Å². The highest BCUT2D eigenvalue weighted by molar-refractivity contribution is 9.10. The van der Waals surface area contributed by atoms with Gasteiger partial charge < -0.3 is 4.74 Å². The molecule has 2 nitrogen and oxygen atoms in total. The Hall–Kier alpha value is -1.04. The highest BCUT2D eigenvalue weighted by atomic mass is 79.9. The fraction of sp³-hybridized carbons (Fsp3) is 0.300. The van der Waals surface area contributed by atoms with Crippen LogP contribution in [-0.4, -0.2) is 19.1 Å². The van der Waals surface area contributed by atoms with Crippen molar-refractivity contribution in [3.8, 4) is 5.75 Å². The van der Waals surface area contributed by atoms with Crippen LogP contribution in [0.15, 0.2) is 22.7 Å². The Labute approximate surface area is 98.5 Å². The molecule has 6 heteroatoms. The molecule has 1 rings (SSSR count). The second kappa shape index (κ2) is 5.34. The molecule has 0 aliphatic heterocycles. The molecule has 0 N–H and O–H groups in total. The maximum atomic E-state index is 11.8. The van der Waals surface area contributed by atoms with Crippen molar-refractivity contribution >= 4 is 22.2 Å². The number of aldehydes is 1. The van der Waals surface area contributed by atoms with Crippen molar-refractivity contribution in [2.24, 2.45) is 0 Å². The Morgan fingerprint density at radius 1 is 1.38 bits per heavy atom. The summed E-state index contributed by atoms with van der Waals surface area (Å²) in [5, 5.41) is 0. The van der Waals surface area contributed by atoms with Gasteiger partial charge in [0.05, 0.1) is 18.6 Å². The minimum atomic E-state index is -4.25. The zero-order chi connectivity index (χ0) is 12.2. The highest BCUT2D eigenvalue weighted by Gasteiger charge is 2.26. The summed E-state index contributed by atoms with van der Waals surface area (Å²) < 4.78 is 41.1. The van der Waals surface area contributed by atoms with Gasteiger partial charge in [-0.2, -0.15) is 13.2 Å². The van der Waals surface area contributed by atoms with Crippen LogP contribution in [0.25, 0.3) is 0 Å². The fourth-order valence-corrected chi connectivity index (χ4v) is 1.40. The van der Waals surface area contributed by atoms with E-state index >= 15 is 0 Å². The van der Waals surface area contributed by atoms with E-state index in [4.69, 9.17) is 4.74 Å². The van der Waals surface area contributed by atoms with E-state index in [-0.39, 0.29) is 11.3 Å². The summed E-state index contributed by atoms with van der Waals surface area (Å²) in [5.41, 5.74) is 0.219. The van der Waals surface area contributed by atoms with Crippen molar-refractivity contribution in [2.75, 3.05) is 6.61 Å². The number of carbonyl (C=O) groups excluding carboxylic acids is 1. The number of ether oxygens (including phenoxy) is 1. The van der Waals surface area contributed by atoms with Crippen molar-refractivity contribution in [1.82, 2.24) is 0 Å². The Morgan fingerprint density at radius 2 is 2.06 bits per heavy atom. The van der Waals surface area contributed by atoms with Gasteiger partial charge >= 0.3 is 6.18 Å². The van der Waals surface area contributed by atoms with E-state index in [1.165, 1.54) is 12.1 Å². The zero-order valence-corrected chi connectivity index (χ0v) is 9.64. The molecule has 0 atom stereocenters. The van der Waals surface area contributed by atoms with E-state index in [1.807, 2.05) is 0 Å². The summed E-state index contributed by atoms with van der Waals surface area (Å²) >= 11 is 3.14. The van der Waals surface area contributed by atoms with E-state index in [1.54, 1.807) is 6.07 Å². The van der Waals surface area contributed by atoms with Crippen LogP contribution in [0.2, 0.25) is 0 Å². The molecule has 0 saturated heterocycles. The molecule has 0 spiro atoms. The summed E-state index contributed by atoms with van der Waals surface area (Å²) in [6, 6.07) is 4.52. The molecule has 0 heterocycles. The van der Waals surface area contributed by atoms with Crippen LogP contribution in [0.1, 0.15) is 16.8 Å². The van der Waals surface area contributed by atoms with Crippen molar-refractivity contribution < 1.29 is 22.7 Å². The molecule has 16 heavy (non-hydrogen) atoms. The van der Waals surface area contributed by atoms with Crippen molar-refractivity contribution in [3.05, 3.63) is 28.2 Å². The zero-order valence-electron chi connectivity index (χ0n) is 8.05. The number of halogens is 4. The lowest BCUT2D eigenvalue weighted by atomic mass is 10.2. The first-order chi connectivity index (χ1) is 7.42. The summed E-state index contributed by atoms with van der Waals surface area (Å²) in [6.07, 6.45) is -4.76. The first kappa shape index (κ1) is 13.0. The third-order valence-electron chi connectivity index (χ3n) is 1.74. The molecule has 0 aliphatic carbocycles. The van der Waals surface area contributed by atoms with E-state index in [9.17, 15) is 18.0 Å². The molecular formula is C10H8BrF3O2.